The van der Waals surface area contributed by atoms with Gasteiger partial charge in [-0.3, -0.25) is 4.79 Å². The fraction of sp³-hybridized carbons (Fsp3) is 0.409. The number of unbranched alkanes of at least 4 members (excludes halogenated alkanes) is 4. The molecule has 0 spiro atoms. The average molecular weight is 341 g/mol. The number of carbonyl (C=O) groups is 1. The lowest BCUT2D eigenvalue weighted by Gasteiger charge is -2.05. The van der Waals surface area contributed by atoms with Crippen LogP contribution in [0.4, 0.5) is 0 Å². The van der Waals surface area contributed by atoms with Gasteiger partial charge in [-0.15, -0.1) is 0 Å². The molecule has 2 aromatic rings. The molecule has 0 N–H and O–H groups in total. The maximum atomic E-state index is 12.4. The molecule has 0 aliphatic heterocycles. The third-order valence-electron chi connectivity index (χ3n) is 4.30. The Bertz CT molecular complexity index is 613. The smallest absolute Gasteiger partial charge is 0.224 e. The number of carbonyl (C=O) groups excluding carboxylic acids is 1. The van der Waals surface area contributed by atoms with Crippen LogP contribution in [0, 0.1) is 0 Å². The summed E-state index contributed by atoms with van der Waals surface area (Å²) in [5.41, 5.74) is 3.42. The maximum absolute atomic E-state index is 12.4. The Hall–Kier alpha value is -1.54. The quantitative estimate of drug-likeness (QED) is 0.373. The number of rotatable bonds is 9. The molecule has 2 heteroatoms. The van der Waals surface area contributed by atoms with Gasteiger partial charge in [0, 0.05) is 10.5 Å². The molecule has 0 unspecified atom stereocenters. The van der Waals surface area contributed by atoms with Crippen LogP contribution in [0.1, 0.15) is 67.4 Å². The van der Waals surface area contributed by atoms with Crippen LogP contribution in [-0.4, -0.2) is 5.12 Å². The van der Waals surface area contributed by atoms with E-state index >= 15 is 0 Å². The van der Waals surface area contributed by atoms with Crippen molar-refractivity contribution in [3.63, 3.8) is 0 Å². The molecule has 0 fully saturated rings. The van der Waals surface area contributed by atoms with Crippen molar-refractivity contribution >= 4 is 16.9 Å². The van der Waals surface area contributed by atoms with E-state index in [9.17, 15) is 4.79 Å². The van der Waals surface area contributed by atoms with E-state index < -0.39 is 0 Å². The number of aryl methyl sites for hydroxylation is 2. The number of benzene rings is 2. The molecule has 0 aliphatic carbocycles. The van der Waals surface area contributed by atoms with Crippen molar-refractivity contribution in [3.8, 4) is 0 Å². The van der Waals surface area contributed by atoms with Gasteiger partial charge < -0.3 is 0 Å². The summed E-state index contributed by atoms with van der Waals surface area (Å²) in [5, 5.41) is 0.119. The first-order chi connectivity index (χ1) is 11.7. The Balaban J connectivity index is 1.83. The fourth-order valence-corrected chi connectivity index (χ4v) is 3.44. The minimum Gasteiger partial charge on any atom is -0.281 e. The van der Waals surface area contributed by atoms with Crippen molar-refractivity contribution in [2.24, 2.45) is 0 Å². The van der Waals surface area contributed by atoms with Crippen LogP contribution >= 0.6 is 11.8 Å². The van der Waals surface area contributed by atoms with Gasteiger partial charge in [-0.1, -0.05) is 75.9 Å². The van der Waals surface area contributed by atoms with E-state index in [1.807, 2.05) is 24.3 Å². The number of hydrogen-bond donors (Lipinski definition) is 0. The molecule has 0 aliphatic rings. The predicted octanol–water partition coefficient (Wildman–Crippen LogP) is 6.69. The summed E-state index contributed by atoms with van der Waals surface area (Å²) in [6.45, 7) is 4.38. The largest absolute Gasteiger partial charge is 0.281 e. The molecule has 0 saturated carbocycles. The first-order valence-electron chi connectivity index (χ1n) is 9.13. The average Bonchev–Trinajstić information content (AvgIpc) is 2.62. The normalized spacial score (nSPS) is 10.8. The molecule has 0 amide bonds. The highest BCUT2D eigenvalue weighted by Crippen LogP contribution is 2.23. The highest BCUT2D eigenvalue weighted by atomic mass is 32.2. The monoisotopic (exact) mass is 340 g/mol. The van der Waals surface area contributed by atoms with E-state index in [0.717, 1.165) is 23.3 Å². The number of thioether (sulfide) groups is 1. The van der Waals surface area contributed by atoms with Gasteiger partial charge in [-0.2, -0.15) is 0 Å². The van der Waals surface area contributed by atoms with Crippen LogP contribution in [0.25, 0.3) is 0 Å². The summed E-state index contributed by atoms with van der Waals surface area (Å²) >= 11 is 1.31. The van der Waals surface area contributed by atoms with E-state index in [4.69, 9.17) is 0 Å². The Morgan fingerprint density at radius 2 is 1.42 bits per heavy atom. The molecule has 1 nitrogen and oxygen atoms in total. The third-order valence-corrected chi connectivity index (χ3v) is 5.23. The zero-order chi connectivity index (χ0) is 17.2. The zero-order valence-corrected chi connectivity index (χ0v) is 15.7. The molecule has 2 aromatic carbocycles. The van der Waals surface area contributed by atoms with E-state index in [1.54, 1.807) is 0 Å². The van der Waals surface area contributed by atoms with Crippen LogP contribution < -0.4 is 0 Å². The van der Waals surface area contributed by atoms with Crippen molar-refractivity contribution in [2.45, 2.75) is 63.7 Å². The Labute approximate surface area is 150 Å². The van der Waals surface area contributed by atoms with E-state index in [2.05, 4.69) is 38.1 Å². The van der Waals surface area contributed by atoms with Crippen molar-refractivity contribution in [3.05, 3.63) is 65.2 Å². The summed E-state index contributed by atoms with van der Waals surface area (Å²) in [5.74, 6) is 0. The molecule has 0 radical (unpaired) electrons. The van der Waals surface area contributed by atoms with Crippen molar-refractivity contribution in [2.75, 3.05) is 0 Å². The van der Waals surface area contributed by atoms with Gasteiger partial charge in [0.15, 0.2) is 0 Å². The highest BCUT2D eigenvalue weighted by molar-refractivity contribution is 8.14. The van der Waals surface area contributed by atoms with E-state index in [0.29, 0.717) is 0 Å². The molecule has 0 saturated heterocycles. The third kappa shape index (κ3) is 6.16. The van der Waals surface area contributed by atoms with Crippen LogP contribution in [-0.2, 0) is 12.8 Å². The van der Waals surface area contributed by atoms with Crippen molar-refractivity contribution in [1.82, 2.24) is 0 Å². The second-order valence-corrected chi connectivity index (χ2v) is 7.29. The van der Waals surface area contributed by atoms with Gasteiger partial charge in [0.2, 0.25) is 5.12 Å². The van der Waals surface area contributed by atoms with Crippen LogP contribution in [0.15, 0.2) is 53.4 Å². The van der Waals surface area contributed by atoms with Crippen LogP contribution in [0.3, 0.4) is 0 Å². The van der Waals surface area contributed by atoms with Gasteiger partial charge in [-0.25, -0.2) is 0 Å². The van der Waals surface area contributed by atoms with Gasteiger partial charge >= 0.3 is 0 Å². The molecular weight excluding hydrogens is 312 g/mol. The zero-order valence-electron chi connectivity index (χ0n) is 14.9. The minimum atomic E-state index is 0.119. The van der Waals surface area contributed by atoms with Gasteiger partial charge in [0.05, 0.1) is 0 Å². The number of hydrogen-bond acceptors (Lipinski definition) is 2. The molecule has 2 rings (SSSR count). The summed E-state index contributed by atoms with van der Waals surface area (Å²) in [4.78, 5) is 13.4. The van der Waals surface area contributed by atoms with Crippen LogP contribution in [0.5, 0.6) is 0 Å². The summed E-state index contributed by atoms with van der Waals surface area (Å²) < 4.78 is 0. The predicted molar refractivity (Wildman–Crippen MR) is 105 cm³/mol. The second-order valence-electron chi connectivity index (χ2n) is 6.25. The first kappa shape index (κ1) is 18.8. The lowest BCUT2D eigenvalue weighted by Crippen LogP contribution is -1.94. The lowest BCUT2D eigenvalue weighted by molar-refractivity contribution is 0.108. The molecule has 0 aromatic heterocycles. The molecular formula is C22H28OS. The topological polar surface area (TPSA) is 17.1 Å². The molecule has 0 bridgehead atoms. The Kier molecular flexibility index (Phi) is 8.11. The van der Waals surface area contributed by atoms with Gasteiger partial charge in [-0.05, 0) is 54.3 Å². The summed E-state index contributed by atoms with van der Waals surface area (Å²) in [7, 11) is 0. The summed E-state index contributed by atoms with van der Waals surface area (Å²) in [6, 6.07) is 16.4. The fourth-order valence-electron chi connectivity index (χ4n) is 2.70. The molecule has 0 atom stereocenters. The van der Waals surface area contributed by atoms with Crippen molar-refractivity contribution < 1.29 is 4.79 Å². The van der Waals surface area contributed by atoms with Crippen molar-refractivity contribution in [1.29, 1.82) is 0 Å². The minimum absolute atomic E-state index is 0.119. The van der Waals surface area contributed by atoms with E-state index in [1.165, 1.54) is 55.0 Å². The van der Waals surface area contributed by atoms with Gasteiger partial charge in [0.1, 0.15) is 0 Å². The Morgan fingerprint density at radius 1 is 0.792 bits per heavy atom. The second kappa shape index (κ2) is 10.4. The Morgan fingerprint density at radius 3 is 2.04 bits per heavy atom. The highest BCUT2D eigenvalue weighted by Gasteiger charge is 2.08. The maximum Gasteiger partial charge on any atom is 0.224 e. The summed E-state index contributed by atoms with van der Waals surface area (Å²) in [6.07, 6.45) is 8.65. The SMILES string of the molecule is CCCCCCCc1ccc(C(=O)Sc2ccc(CC)cc2)cc1. The molecule has 0 heterocycles. The lowest BCUT2D eigenvalue weighted by atomic mass is 10.0. The molecule has 128 valence electrons. The van der Waals surface area contributed by atoms with E-state index in [-0.39, 0.29) is 5.12 Å². The van der Waals surface area contributed by atoms with Crippen LogP contribution in [0.2, 0.25) is 0 Å². The molecule has 24 heavy (non-hydrogen) atoms. The van der Waals surface area contributed by atoms with Gasteiger partial charge in [0.25, 0.3) is 0 Å². The first-order valence-corrected chi connectivity index (χ1v) is 9.94. The standard InChI is InChI=1S/C22H28OS/c1-3-5-6-7-8-9-19-10-14-20(15-11-19)22(23)24-21-16-12-18(4-2)13-17-21/h10-17H,3-9H2,1-2H3.